The molecule has 2 amide bonds. The molecular formula is C29H27BrN6O3. The van der Waals surface area contributed by atoms with Crippen LogP contribution in [0.25, 0.3) is 22.0 Å². The number of hydrogen-bond donors (Lipinski definition) is 1. The Morgan fingerprint density at radius 1 is 1.08 bits per heavy atom. The second-order valence-corrected chi connectivity index (χ2v) is 11.2. The Bertz CT molecular complexity index is 1650. The van der Waals surface area contributed by atoms with E-state index in [1.165, 1.54) is 6.92 Å². The van der Waals surface area contributed by atoms with Crippen LogP contribution in [0.5, 0.6) is 0 Å². The Morgan fingerprint density at radius 2 is 1.85 bits per heavy atom. The first-order chi connectivity index (χ1) is 18.7. The van der Waals surface area contributed by atoms with Crippen LogP contribution in [0.1, 0.15) is 35.1 Å². The first kappa shape index (κ1) is 25.4. The fourth-order valence-electron chi connectivity index (χ4n) is 5.55. The summed E-state index contributed by atoms with van der Waals surface area (Å²) in [4.78, 5) is 54.1. The number of piperidine rings is 1. The van der Waals surface area contributed by atoms with Gasteiger partial charge in [0.25, 0.3) is 0 Å². The lowest BCUT2D eigenvalue weighted by Crippen LogP contribution is -2.47. The van der Waals surface area contributed by atoms with Gasteiger partial charge < -0.3 is 14.8 Å². The lowest BCUT2D eigenvalue weighted by atomic mass is 10.0. The molecule has 4 heterocycles. The molecule has 2 aliphatic rings. The van der Waals surface area contributed by atoms with Gasteiger partial charge in [-0.05, 0) is 84.3 Å². The van der Waals surface area contributed by atoms with Gasteiger partial charge in [0, 0.05) is 47.2 Å². The number of carbonyl (C=O) groups excluding carboxylic acids is 3. The van der Waals surface area contributed by atoms with Crippen LogP contribution in [-0.2, 0) is 16.1 Å². The van der Waals surface area contributed by atoms with Crippen LogP contribution in [0.3, 0.4) is 0 Å². The van der Waals surface area contributed by atoms with Crippen LogP contribution in [0.15, 0.2) is 53.5 Å². The molecule has 1 N–H and O–H groups in total. The summed E-state index contributed by atoms with van der Waals surface area (Å²) in [6.07, 6.45) is 6.19. The van der Waals surface area contributed by atoms with Crippen LogP contribution in [0.4, 0.5) is 5.82 Å². The summed E-state index contributed by atoms with van der Waals surface area (Å²) >= 11 is 3.35. The number of rotatable bonds is 6. The van der Waals surface area contributed by atoms with Gasteiger partial charge in [0.2, 0.25) is 11.8 Å². The monoisotopic (exact) mass is 586 g/mol. The summed E-state index contributed by atoms with van der Waals surface area (Å²) in [5, 5.41) is 3.70. The molecule has 0 spiro atoms. The number of halogens is 1. The summed E-state index contributed by atoms with van der Waals surface area (Å²) in [5.41, 5.74) is 3.91. The smallest absolute Gasteiger partial charge is 0.248 e. The highest BCUT2D eigenvalue weighted by molar-refractivity contribution is 9.10. The van der Waals surface area contributed by atoms with Crippen LogP contribution >= 0.6 is 15.9 Å². The van der Waals surface area contributed by atoms with Crippen molar-refractivity contribution in [2.24, 2.45) is 11.8 Å². The van der Waals surface area contributed by atoms with E-state index in [1.807, 2.05) is 48.7 Å². The van der Waals surface area contributed by atoms with Crippen molar-refractivity contribution in [3.8, 4) is 11.1 Å². The van der Waals surface area contributed by atoms with E-state index >= 15 is 0 Å². The molecule has 9 nitrogen and oxygen atoms in total. The highest BCUT2D eigenvalue weighted by Crippen LogP contribution is 2.50. The van der Waals surface area contributed by atoms with E-state index in [-0.39, 0.29) is 30.1 Å². The molecule has 10 heteroatoms. The minimum Gasteiger partial charge on any atom is -0.337 e. The molecule has 6 rings (SSSR count). The molecule has 1 saturated carbocycles. The minimum absolute atomic E-state index is 0.0359. The summed E-state index contributed by atoms with van der Waals surface area (Å²) in [6, 6.07) is 8.96. The third-order valence-electron chi connectivity index (χ3n) is 7.72. The van der Waals surface area contributed by atoms with Crippen molar-refractivity contribution in [2.45, 2.75) is 39.8 Å². The van der Waals surface area contributed by atoms with Crippen LogP contribution in [-0.4, -0.2) is 54.6 Å². The predicted octanol–water partition coefficient (Wildman–Crippen LogP) is 4.56. The highest BCUT2D eigenvalue weighted by Gasteiger charge is 2.56. The Balaban J connectivity index is 1.27. The Morgan fingerprint density at radius 3 is 2.59 bits per heavy atom. The molecule has 0 unspecified atom stereocenters. The molecule has 4 aromatic rings. The first-order valence-electron chi connectivity index (χ1n) is 12.9. The van der Waals surface area contributed by atoms with E-state index in [2.05, 4.69) is 36.2 Å². The molecule has 2 fully saturated rings. The van der Waals surface area contributed by atoms with Crippen molar-refractivity contribution >= 4 is 50.2 Å². The normalized spacial score (nSPS) is 19.7. The zero-order valence-electron chi connectivity index (χ0n) is 21.8. The molecule has 1 aromatic carbocycles. The van der Waals surface area contributed by atoms with Crippen molar-refractivity contribution in [1.82, 2.24) is 24.4 Å². The Labute approximate surface area is 233 Å². The SMILES string of the molecule is CC(=O)c1cn(CC(=O)N2C[C@H]3C[C@H]3[C@H]2C(=O)Nc2nc(Br)ccc2C)c2ccc(-c3cnc(C)nc3)cc12. The molecule has 1 saturated heterocycles. The number of nitrogens with one attached hydrogen (secondary N) is 1. The van der Waals surface area contributed by atoms with E-state index in [0.29, 0.717) is 34.3 Å². The number of likely N-dealkylation sites (tertiary alicyclic amines) is 1. The second-order valence-electron chi connectivity index (χ2n) is 10.4. The van der Waals surface area contributed by atoms with Crippen molar-refractivity contribution < 1.29 is 14.4 Å². The van der Waals surface area contributed by atoms with Gasteiger partial charge in [-0.3, -0.25) is 14.4 Å². The number of pyridine rings is 1. The second kappa shape index (κ2) is 9.68. The van der Waals surface area contributed by atoms with Crippen molar-refractivity contribution in [3.63, 3.8) is 0 Å². The van der Waals surface area contributed by atoms with Crippen molar-refractivity contribution in [3.05, 3.63) is 70.5 Å². The number of nitrogens with zero attached hydrogens (tertiary/aromatic N) is 5. The number of ketones is 1. The number of hydrogen-bond acceptors (Lipinski definition) is 6. The standard InChI is InChI=1S/C29H27BrN6O3/c1-15-4-7-25(30)33-28(15)34-29(39)27-21-9-19(21)12-36(27)26(38)14-35-13-23(16(2)37)22-8-18(5-6-24(22)35)20-10-31-17(3)32-11-20/h4-8,10-11,13,19,21,27H,9,12,14H2,1-3H3,(H,33,34,39)/t19-,21-,27+/m1/s1. The first-order valence-corrected chi connectivity index (χ1v) is 13.6. The molecule has 3 aromatic heterocycles. The third-order valence-corrected chi connectivity index (χ3v) is 8.17. The van der Waals surface area contributed by atoms with Gasteiger partial charge in [-0.1, -0.05) is 12.1 Å². The summed E-state index contributed by atoms with van der Waals surface area (Å²) in [7, 11) is 0. The van der Waals surface area contributed by atoms with Gasteiger partial charge in [-0.15, -0.1) is 0 Å². The predicted molar refractivity (Wildman–Crippen MR) is 150 cm³/mol. The van der Waals surface area contributed by atoms with Crippen LogP contribution < -0.4 is 5.32 Å². The molecule has 3 atom stereocenters. The lowest BCUT2D eigenvalue weighted by Gasteiger charge is -2.27. The molecule has 39 heavy (non-hydrogen) atoms. The quantitative estimate of drug-likeness (QED) is 0.262. The molecular weight excluding hydrogens is 560 g/mol. The average Bonchev–Trinajstić information content (AvgIpc) is 3.41. The number of aromatic nitrogens is 4. The number of carbonyl (C=O) groups is 3. The van der Waals surface area contributed by atoms with Crippen molar-refractivity contribution in [2.75, 3.05) is 11.9 Å². The molecule has 0 bridgehead atoms. The molecule has 1 aliphatic carbocycles. The fraction of sp³-hybridized carbons (Fsp3) is 0.310. The number of fused-ring (bicyclic) bond motifs is 2. The summed E-state index contributed by atoms with van der Waals surface area (Å²) in [5.74, 6) is 1.23. The van der Waals surface area contributed by atoms with E-state index in [0.717, 1.165) is 34.0 Å². The number of aryl methyl sites for hydroxylation is 2. The Kier molecular flexibility index (Phi) is 6.29. The molecule has 198 valence electrons. The number of anilines is 1. The Hall–Kier alpha value is -3.92. The van der Waals surface area contributed by atoms with E-state index in [1.54, 1.807) is 23.5 Å². The maximum Gasteiger partial charge on any atom is 0.248 e. The van der Waals surface area contributed by atoms with Crippen LogP contribution in [0, 0.1) is 25.7 Å². The number of Topliss-reactive ketones (excluding diaryl/α,β-unsaturated/α-hetero) is 1. The maximum absolute atomic E-state index is 13.6. The molecule has 1 aliphatic heterocycles. The number of benzene rings is 1. The zero-order chi connectivity index (χ0) is 27.4. The number of amides is 2. The highest BCUT2D eigenvalue weighted by atomic mass is 79.9. The topological polar surface area (TPSA) is 110 Å². The largest absolute Gasteiger partial charge is 0.337 e. The average molecular weight is 587 g/mol. The van der Waals surface area contributed by atoms with E-state index in [9.17, 15) is 14.4 Å². The third kappa shape index (κ3) is 4.73. The maximum atomic E-state index is 13.6. The zero-order valence-corrected chi connectivity index (χ0v) is 23.4. The van der Waals surface area contributed by atoms with Gasteiger partial charge in [-0.2, -0.15) is 0 Å². The van der Waals surface area contributed by atoms with Gasteiger partial charge in [0.05, 0.1) is 0 Å². The lowest BCUT2D eigenvalue weighted by molar-refractivity contribution is -0.138. The molecule has 0 radical (unpaired) electrons. The van der Waals surface area contributed by atoms with E-state index < -0.39 is 6.04 Å². The van der Waals surface area contributed by atoms with Crippen LogP contribution in [0.2, 0.25) is 0 Å². The minimum atomic E-state index is -0.537. The summed E-state index contributed by atoms with van der Waals surface area (Å²) < 4.78 is 2.44. The van der Waals surface area contributed by atoms with Crippen molar-refractivity contribution in [1.29, 1.82) is 0 Å². The van der Waals surface area contributed by atoms with Gasteiger partial charge in [0.15, 0.2) is 5.78 Å². The van der Waals surface area contributed by atoms with E-state index in [4.69, 9.17) is 0 Å². The van der Waals surface area contributed by atoms with Gasteiger partial charge in [0.1, 0.15) is 28.8 Å². The van der Waals surface area contributed by atoms with Gasteiger partial charge in [-0.25, -0.2) is 15.0 Å². The fourth-order valence-corrected chi connectivity index (χ4v) is 5.86. The van der Waals surface area contributed by atoms with Gasteiger partial charge >= 0.3 is 0 Å². The summed E-state index contributed by atoms with van der Waals surface area (Å²) in [6.45, 7) is 5.83.